The highest BCUT2D eigenvalue weighted by Gasteiger charge is 2.27. The second-order valence-corrected chi connectivity index (χ2v) is 6.95. The fourth-order valence-corrected chi connectivity index (χ4v) is 3.81. The Balaban J connectivity index is 1.68. The number of aryl methyl sites for hydroxylation is 3. The zero-order chi connectivity index (χ0) is 18.4. The maximum absolute atomic E-state index is 13.2. The zero-order valence-corrected chi connectivity index (χ0v) is 15.7. The average Bonchev–Trinajstić information content (AvgIpc) is 3.15. The van der Waals surface area contributed by atoms with Crippen molar-refractivity contribution in [3.05, 3.63) is 64.5 Å². The topological polar surface area (TPSA) is 56.0 Å². The molecule has 0 spiro atoms. The summed E-state index contributed by atoms with van der Waals surface area (Å²) in [6.45, 7) is 10.0. The van der Waals surface area contributed by atoms with Gasteiger partial charge in [-0.05, 0) is 45.4 Å². The van der Waals surface area contributed by atoms with Crippen LogP contribution < -0.4 is 0 Å². The molecule has 0 fully saturated rings. The number of rotatable bonds is 2. The SMILES string of the molecule is Cc1ccccc1-n1c(C)cc(C(=O)N2CCn3c(C)nnc3C2)c1C. The second-order valence-electron chi connectivity index (χ2n) is 6.95. The fourth-order valence-electron chi connectivity index (χ4n) is 3.81. The lowest BCUT2D eigenvalue weighted by Gasteiger charge is -2.27. The largest absolute Gasteiger partial charge is 0.329 e. The van der Waals surface area contributed by atoms with Crippen molar-refractivity contribution >= 4 is 5.91 Å². The Morgan fingerprint density at radius 2 is 1.81 bits per heavy atom. The quantitative estimate of drug-likeness (QED) is 0.715. The molecule has 3 aromatic rings. The molecule has 1 aromatic carbocycles. The molecular formula is C20H23N5O. The molecule has 26 heavy (non-hydrogen) atoms. The molecule has 0 unspecified atom stereocenters. The Labute approximate surface area is 153 Å². The van der Waals surface area contributed by atoms with E-state index in [1.54, 1.807) is 0 Å². The van der Waals surface area contributed by atoms with Crippen molar-refractivity contribution in [2.75, 3.05) is 6.54 Å². The molecule has 3 heterocycles. The number of amides is 1. The lowest BCUT2D eigenvalue weighted by atomic mass is 10.2. The lowest BCUT2D eigenvalue weighted by molar-refractivity contribution is 0.0706. The van der Waals surface area contributed by atoms with Crippen LogP contribution in [0, 0.1) is 27.7 Å². The third-order valence-electron chi connectivity index (χ3n) is 5.24. The van der Waals surface area contributed by atoms with Gasteiger partial charge < -0.3 is 14.0 Å². The first-order valence-corrected chi connectivity index (χ1v) is 8.90. The van der Waals surface area contributed by atoms with Gasteiger partial charge in [0.1, 0.15) is 5.82 Å². The highest BCUT2D eigenvalue weighted by atomic mass is 16.2. The number of hydrogen-bond donors (Lipinski definition) is 0. The van der Waals surface area contributed by atoms with Crippen molar-refractivity contribution in [3.8, 4) is 5.69 Å². The van der Waals surface area contributed by atoms with Gasteiger partial charge in [0.15, 0.2) is 5.82 Å². The average molecular weight is 349 g/mol. The van der Waals surface area contributed by atoms with Gasteiger partial charge in [0.2, 0.25) is 0 Å². The Hall–Kier alpha value is -2.89. The van der Waals surface area contributed by atoms with Crippen molar-refractivity contribution < 1.29 is 4.79 Å². The van der Waals surface area contributed by atoms with Crippen LogP contribution >= 0.6 is 0 Å². The Morgan fingerprint density at radius 3 is 2.58 bits per heavy atom. The first kappa shape index (κ1) is 16.6. The molecule has 0 aliphatic carbocycles. The number of carbonyl (C=O) groups excluding carboxylic acids is 1. The summed E-state index contributed by atoms with van der Waals surface area (Å²) >= 11 is 0. The van der Waals surface area contributed by atoms with Crippen molar-refractivity contribution in [3.63, 3.8) is 0 Å². The van der Waals surface area contributed by atoms with Crippen LogP contribution in [-0.4, -0.2) is 36.7 Å². The van der Waals surface area contributed by atoms with Gasteiger partial charge in [0.25, 0.3) is 5.91 Å². The van der Waals surface area contributed by atoms with Gasteiger partial charge in [-0.25, -0.2) is 0 Å². The van der Waals surface area contributed by atoms with E-state index < -0.39 is 0 Å². The molecule has 1 amide bonds. The minimum Gasteiger partial charge on any atom is -0.329 e. The number of fused-ring (bicyclic) bond motifs is 1. The van der Waals surface area contributed by atoms with E-state index in [4.69, 9.17) is 0 Å². The highest BCUT2D eigenvalue weighted by molar-refractivity contribution is 5.96. The molecular weight excluding hydrogens is 326 g/mol. The van der Waals surface area contributed by atoms with Gasteiger partial charge in [0, 0.05) is 30.2 Å². The van der Waals surface area contributed by atoms with Crippen LogP contribution in [0.1, 0.15) is 39.0 Å². The number of hydrogen-bond acceptors (Lipinski definition) is 3. The first-order valence-electron chi connectivity index (χ1n) is 8.90. The summed E-state index contributed by atoms with van der Waals surface area (Å²) in [5, 5.41) is 8.32. The predicted octanol–water partition coefficient (Wildman–Crippen LogP) is 2.96. The van der Waals surface area contributed by atoms with Gasteiger partial charge in [-0.15, -0.1) is 10.2 Å². The molecule has 4 rings (SSSR count). The van der Waals surface area contributed by atoms with Crippen LogP contribution in [0.25, 0.3) is 5.69 Å². The molecule has 0 N–H and O–H groups in total. The Morgan fingerprint density at radius 1 is 1.04 bits per heavy atom. The van der Waals surface area contributed by atoms with Crippen LogP contribution in [0.3, 0.4) is 0 Å². The van der Waals surface area contributed by atoms with Gasteiger partial charge in [-0.1, -0.05) is 18.2 Å². The summed E-state index contributed by atoms with van der Waals surface area (Å²) in [7, 11) is 0. The third-order valence-corrected chi connectivity index (χ3v) is 5.24. The van der Waals surface area contributed by atoms with Gasteiger partial charge >= 0.3 is 0 Å². The Kier molecular flexibility index (Phi) is 3.90. The van der Waals surface area contributed by atoms with Crippen LogP contribution in [0.5, 0.6) is 0 Å². The van der Waals surface area contributed by atoms with Crippen LogP contribution in [-0.2, 0) is 13.1 Å². The van der Waals surface area contributed by atoms with E-state index in [1.165, 1.54) is 5.56 Å². The van der Waals surface area contributed by atoms with E-state index in [0.29, 0.717) is 13.1 Å². The molecule has 1 aliphatic heterocycles. The van der Waals surface area contributed by atoms with Crippen molar-refractivity contribution in [2.24, 2.45) is 0 Å². The second kappa shape index (κ2) is 6.12. The molecule has 1 aliphatic rings. The summed E-state index contributed by atoms with van der Waals surface area (Å²) in [4.78, 5) is 15.0. The number of carbonyl (C=O) groups is 1. The maximum atomic E-state index is 13.2. The monoisotopic (exact) mass is 349 g/mol. The molecule has 0 saturated heterocycles. The zero-order valence-electron chi connectivity index (χ0n) is 15.7. The van der Waals surface area contributed by atoms with Gasteiger partial charge in [-0.2, -0.15) is 0 Å². The van der Waals surface area contributed by atoms with Crippen molar-refractivity contribution in [2.45, 2.75) is 40.8 Å². The molecule has 0 atom stereocenters. The number of aromatic nitrogens is 4. The number of benzene rings is 1. The third kappa shape index (κ3) is 2.53. The van der Waals surface area contributed by atoms with Crippen LogP contribution in [0.15, 0.2) is 30.3 Å². The standard InChI is InChI=1S/C20H23N5O/c1-13-7-5-6-8-18(13)25-14(2)11-17(15(25)3)20(26)23-9-10-24-16(4)21-22-19(24)12-23/h5-8,11H,9-10,12H2,1-4H3. The highest BCUT2D eigenvalue weighted by Crippen LogP contribution is 2.25. The molecule has 134 valence electrons. The molecule has 2 aromatic heterocycles. The minimum absolute atomic E-state index is 0.0600. The maximum Gasteiger partial charge on any atom is 0.256 e. The Bertz CT molecular complexity index is 998. The number of para-hydroxylation sites is 1. The van der Waals surface area contributed by atoms with E-state index in [1.807, 2.05) is 43.9 Å². The number of nitrogens with zero attached hydrogens (tertiary/aromatic N) is 5. The lowest BCUT2D eigenvalue weighted by Crippen LogP contribution is -2.38. The summed E-state index contributed by atoms with van der Waals surface area (Å²) in [5.41, 5.74) is 5.11. The summed E-state index contributed by atoms with van der Waals surface area (Å²) in [5.74, 6) is 1.82. The summed E-state index contributed by atoms with van der Waals surface area (Å²) in [6.07, 6.45) is 0. The molecule has 0 saturated carbocycles. The molecule has 0 bridgehead atoms. The van der Waals surface area contributed by atoms with Crippen LogP contribution in [0.4, 0.5) is 0 Å². The molecule has 6 nitrogen and oxygen atoms in total. The molecule has 0 radical (unpaired) electrons. The van der Waals surface area contributed by atoms with E-state index in [0.717, 1.165) is 40.8 Å². The normalized spacial score (nSPS) is 13.8. The van der Waals surface area contributed by atoms with E-state index in [-0.39, 0.29) is 5.91 Å². The first-order chi connectivity index (χ1) is 12.5. The fraction of sp³-hybridized carbons (Fsp3) is 0.350. The van der Waals surface area contributed by atoms with Gasteiger partial charge in [-0.3, -0.25) is 4.79 Å². The van der Waals surface area contributed by atoms with E-state index >= 15 is 0 Å². The van der Waals surface area contributed by atoms with Crippen molar-refractivity contribution in [1.29, 1.82) is 0 Å². The minimum atomic E-state index is 0.0600. The summed E-state index contributed by atoms with van der Waals surface area (Å²) < 4.78 is 4.25. The van der Waals surface area contributed by atoms with Crippen LogP contribution in [0.2, 0.25) is 0 Å². The van der Waals surface area contributed by atoms with Crippen molar-refractivity contribution in [1.82, 2.24) is 24.2 Å². The molecule has 6 heteroatoms. The summed E-state index contributed by atoms with van der Waals surface area (Å²) in [6, 6.07) is 10.2. The smallest absolute Gasteiger partial charge is 0.256 e. The van der Waals surface area contributed by atoms with Gasteiger partial charge in [0.05, 0.1) is 12.1 Å². The van der Waals surface area contributed by atoms with E-state index in [2.05, 4.69) is 38.4 Å². The van der Waals surface area contributed by atoms with E-state index in [9.17, 15) is 4.79 Å². The predicted molar refractivity (Wildman–Crippen MR) is 99.5 cm³/mol.